The number of nitrogens with one attached hydrogen (secondary N) is 1. The van der Waals surface area contributed by atoms with Crippen molar-refractivity contribution in [3.8, 4) is 5.88 Å². The summed E-state index contributed by atoms with van der Waals surface area (Å²) in [6.07, 6.45) is -4.63. The maximum atomic E-state index is 13.3. The van der Waals surface area contributed by atoms with Crippen LogP contribution in [0, 0.1) is 0 Å². The van der Waals surface area contributed by atoms with E-state index < -0.39 is 23.4 Å². The Labute approximate surface area is 133 Å². The Morgan fingerprint density at radius 2 is 1.79 bits per heavy atom. The molecule has 0 amide bonds. The van der Waals surface area contributed by atoms with Crippen molar-refractivity contribution >= 4 is 28.1 Å². The van der Waals surface area contributed by atoms with Gasteiger partial charge in [0, 0.05) is 16.5 Å². The van der Waals surface area contributed by atoms with E-state index in [1.165, 1.54) is 12.1 Å². The fraction of sp³-hybridized carbons (Fsp3) is 0.0588. The van der Waals surface area contributed by atoms with Gasteiger partial charge in [-0.1, -0.05) is 18.2 Å². The lowest BCUT2D eigenvalue weighted by Crippen LogP contribution is -2.13. The second-order valence-electron chi connectivity index (χ2n) is 5.38. The lowest BCUT2D eigenvalue weighted by Gasteiger charge is -2.09. The molecule has 4 nitrogen and oxygen atoms in total. The van der Waals surface area contributed by atoms with Crippen LogP contribution in [0.25, 0.3) is 10.9 Å². The maximum Gasteiger partial charge on any atom is 0.417 e. The standard InChI is InChI=1S/C17H9F3N2O2/c18-17(19,20)9-5-3-7-11-12(9)13(16(24)22-11)14-15(23)8-4-1-2-6-10(8)21-14/h1-7,22,24H. The summed E-state index contributed by atoms with van der Waals surface area (Å²) in [5, 5.41) is 9.86. The number of aromatic amines is 1. The van der Waals surface area contributed by atoms with Gasteiger partial charge < -0.3 is 10.1 Å². The maximum absolute atomic E-state index is 13.3. The number of carbonyl (C=O) groups excluding carboxylic acids is 1. The van der Waals surface area contributed by atoms with Gasteiger partial charge in [-0.2, -0.15) is 13.2 Å². The largest absolute Gasteiger partial charge is 0.494 e. The lowest BCUT2D eigenvalue weighted by molar-refractivity contribution is -0.136. The van der Waals surface area contributed by atoms with Crippen LogP contribution in [0.5, 0.6) is 5.88 Å². The van der Waals surface area contributed by atoms with Gasteiger partial charge in [-0.25, -0.2) is 4.99 Å². The van der Waals surface area contributed by atoms with Gasteiger partial charge in [0.25, 0.3) is 0 Å². The van der Waals surface area contributed by atoms with Crippen molar-refractivity contribution in [2.45, 2.75) is 6.18 Å². The van der Waals surface area contributed by atoms with E-state index >= 15 is 0 Å². The SMILES string of the molecule is O=C1C(c2c(O)[nH]c3cccc(C(F)(F)F)c23)=Nc2ccccc21. The van der Waals surface area contributed by atoms with Gasteiger partial charge >= 0.3 is 6.18 Å². The van der Waals surface area contributed by atoms with E-state index in [1.807, 2.05) is 0 Å². The number of hydrogen-bond donors (Lipinski definition) is 2. The molecule has 1 aromatic heterocycles. The summed E-state index contributed by atoms with van der Waals surface area (Å²) in [7, 11) is 0. The number of halogens is 3. The van der Waals surface area contributed by atoms with Gasteiger partial charge in [0.2, 0.25) is 5.78 Å². The van der Waals surface area contributed by atoms with E-state index in [0.29, 0.717) is 11.3 Å². The third kappa shape index (κ3) is 1.94. The monoisotopic (exact) mass is 330 g/mol. The average molecular weight is 330 g/mol. The molecule has 0 radical (unpaired) electrons. The molecule has 0 saturated carbocycles. The smallest absolute Gasteiger partial charge is 0.417 e. The first-order valence-electron chi connectivity index (χ1n) is 7.01. The van der Waals surface area contributed by atoms with E-state index in [1.54, 1.807) is 24.3 Å². The summed E-state index contributed by atoms with van der Waals surface area (Å²) in [5.74, 6) is -1.03. The molecule has 0 fully saturated rings. The molecule has 2 N–H and O–H groups in total. The molecule has 0 aliphatic carbocycles. The highest BCUT2D eigenvalue weighted by molar-refractivity contribution is 6.56. The van der Waals surface area contributed by atoms with Gasteiger partial charge in [-0.3, -0.25) is 4.79 Å². The third-order valence-electron chi connectivity index (χ3n) is 3.94. The predicted molar refractivity (Wildman–Crippen MR) is 81.9 cm³/mol. The number of Topliss-reactive ketones (excluding diaryl/α,β-unsaturated/α-hetero) is 1. The van der Waals surface area contributed by atoms with E-state index in [0.717, 1.165) is 6.07 Å². The van der Waals surface area contributed by atoms with Gasteiger partial charge in [-0.15, -0.1) is 0 Å². The van der Waals surface area contributed by atoms with Crippen LogP contribution >= 0.6 is 0 Å². The zero-order valence-electron chi connectivity index (χ0n) is 12.0. The highest BCUT2D eigenvalue weighted by atomic mass is 19.4. The minimum atomic E-state index is -4.63. The second-order valence-corrected chi connectivity index (χ2v) is 5.38. The summed E-state index contributed by atoms with van der Waals surface area (Å²) >= 11 is 0. The van der Waals surface area contributed by atoms with Crippen molar-refractivity contribution in [3.05, 3.63) is 59.2 Å². The summed E-state index contributed by atoms with van der Waals surface area (Å²) in [6.45, 7) is 0. The average Bonchev–Trinajstić information content (AvgIpc) is 3.03. The number of H-pyrrole nitrogens is 1. The molecule has 0 bridgehead atoms. The Morgan fingerprint density at radius 1 is 1.04 bits per heavy atom. The van der Waals surface area contributed by atoms with E-state index in [9.17, 15) is 23.1 Å². The molecule has 3 aromatic rings. The number of carbonyl (C=O) groups is 1. The Kier molecular flexibility index (Phi) is 2.84. The van der Waals surface area contributed by atoms with Crippen LogP contribution in [-0.4, -0.2) is 21.6 Å². The fourth-order valence-electron chi connectivity index (χ4n) is 2.93. The molecule has 24 heavy (non-hydrogen) atoms. The van der Waals surface area contributed by atoms with Crippen LogP contribution in [0.4, 0.5) is 18.9 Å². The molecule has 4 rings (SSSR count). The number of nitrogens with zero attached hydrogens (tertiary/aromatic N) is 1. The van der Waals surface area contributed by atoms with Crippen LogP contribution in [0.1, 0.15) is 21.5 Å². The Morgan fingerprint density at radius 3 is 2.50 bits per heavy atom. The number of hydrogen-bond acceptors (Lipinski definition) is 3. The zero-order chi connectivity index (χ0) is 17.1. The van der Waals surface area contributed by atoms with Gasteiger partial charge in [0.15, 0.2) is 5.88 Å². The summed E-state index contributed by atoms with van der Waals surface area (Å²) in [5.41, 5.74) is -0.598. The predicted octanol–water partition coefficient (Wildman–Crippen LogP) is 4.21. The minimum absolute atomic E-state index is 0.0868. The van der Waals surface area contributed by atoms with Crippen molar-refractivity contribution in [1.82, 2.24) is 4.98 Å². The second kappa shape index (κ2) is 4.70. The normalized spacial score (nSPS) is 14.1. The van der Waals surface area contributed by atoms with E-state index in [2.05, 4.69) is 9.98 Å². The van der Waals surface area contributed by atoms with Crippen molar-refractivity contribution in [1.29, 1.82) is 0 Å². The molecule has 7 heteroatoms. The molecule has 1 aliphatic heterocycles. The molecule has 2 heterocycles. The summed E-state index contributed by atoms with van der Waals surface area (Å²) < 4.78 is 40.0. The van der Waals surface area contributed by atoms with E-state index in [4.69, 9.17) is 0 Å². The number of para-hydroxylation sites is 1. The quantitative estimate of drug-likeness (QED) is 0.702. The minimum Gasteiger partial charge on any atom is -0.494 e. The summed E-state index contributed by atoms with van der Waals surface area (Å²) in [6, 6.07) is 10.0. The van der Waals surface area contributed by atoms with Gasteiger partial charge in [-0.05, 0) is 24.3 Å². The van der Waals surface area contributed by atoms with Crippen LogP contribution < -0.4 is 0 Å². The number of rotatable bonds is 1. The number of benzene rings is 2. The lowest BCUT2D eigenvalue weighted by atomic mass is 9.98. The Hall–Kier alpha value is -3.09. The number of fused-ring (bicyclic) bond motifs is 2. The van der Waals surface area contributed by atoms with E-state index in [-0.39, 0.29) is 22.2 Å². The number of alkyl halides is 3. The number of aliphatic imine (C=N–C) groups is 1. The summed E-state index contributed by atoms with van der Waals surface area (Å²) in [4.78, 5) is 19.1. The molecular weight excluding hydrogens is 321 g/mol. The van der Waals surface area contributed by atoms with Crippen molar-refractivity contribution in [2.75, 3.05) is 0 Å². The fourth-order valence-corrected chi connectivity index (χ4v) is 2.93. The third-order valence-corrected chi connectivity index (χ3v) is 3.94. The van der Waals surface area contributed by atoms with Crippen molar-refractivity contribution in [2.24, 2.45) is 4.99 Å². The molecule has 1 aliphatic rings. The number of aromatic nitrogens is 1. The van der Waals surface area contributed by atoms with Crippen LogP contribution in [0.15, 0.2) is 47.5 Å². The molecule has 0 atom stereocenters. The van der Waals surface area contributed by atoms with Crippen LogP contribution in [-0.2, 0) is 6.18 Å². The van der Waals surface area contributed by atoms with Gasteiger partial charge in [0.1, 0.15) is 5.71 Å². The Bertz CT molecular complexity index is 1030. The first-order valence-corrected chi connectivity index (χ1v) is 7.01. The molecule has 0 unspecified atom stereocenters. The molecule has 120 valence electrons. The first-order chi connectivity index (χ1) is 11.4. The molecule has 2 aromatic carbocycles. The number of aromatic hydroxyl groups is 1. The van der Waals surface area contributed by atoms with Crippen LogP contribution in [0.3, 0.4) is 0 Å². The Balaban J connectivity index is 2.03. The molecular formula is C17H9F3N2O2. The first kappa shape index (κ1) is 14.5. The topological polar surface area (TPSA) is 65.4 Å². The van der Waals surface area contributed by atoms with Crippen LogP contribution in [0.2, 0.25) is 0 Å². The molecule has 0 spiro atoms. The van der Waals surface area contributed by atoms with Crippen molar-refractivity contribution < 1.29 is 23.1 Å². The van der Waals surface area contributed by atoms with Crippen molar-refractivity contribution in [3.63, 3.8) is 0 Å². The zero-order valence-corrected chi connectivity index (χ0v) is 12.0. The van der Waals surface area contributed by atoms with Gasteiger partial charge in [0.05, 0.1) is 16.8 Å². The number of ketones is 1. The highest BCUT2D eigenvalue weighted by Gasteiger charge is 2.37. The highest BCUT2D eigenvalue weighted by Crippen LogP contribution is 2.41. The molecule has 0 saturated heterocycles.